The Hall–Kier alpha value is -2.33. The van der Waals surface area contributed by atoms with Crippen molar-refractivity contribution in [2.75, 3.05) is 11.4 Å². The molecule has 0 spiro atoms. The minimum Gasteiger partial charge on any atom is -0.328 e. The van der Waals surface area contributed by atoms with E-state index in [1.54, 1.807) is 0 Å². The van der Waals surface area contributed by atoms with Crippen LogP contribution < -0.4 is 4.90 Å². The number of aryl methyl sites for hydroxylation is 1. The molecule has 0 radical (unpaired) electrons. The number of unbranched alkanes of at least 4 members (excludes halogenated alkanes) is 6. The van der Waals surface area contributed by atoms with Crippen LogP contribution in [0.2, 0.25) is 5.02 Å². The number of para-hydroxylation sites is 2. The molecule has 0 aliphatic carbocycles. The zero-order valence-electron chi connectivity index (χ0n) is 18.4. The largest absolute Gasteiger partial charge is 0.328 e. The summed E-state index contributed by atoms with van der Waals surface area (Å²) in [5.41, 5.74) is 3.12. The molecule has 0 saturated carbocycles. The van der Waals surface area contributed by atoms with E-state index in [0.29, 0.717) is 18.0 Å². The Balaban J connectivity index is 1.49. The fourth-order valence-electron chi connectivity index (χ4n) is 4.62. The molecule has 2 heterocycles. The second kappa shape index (κ2) is 10.3. The maximum absolute atomic E-state index is 12.8. The van der Waals surface area contributed by atoms with Crippen molar-refractivity contribution in [1.82, 2.24) is 9.55 Å². The van der Waals surface area contributed by atoms with Crippen molar-refractivity contribution >= 4 is 34.2 Å². The summed E-state index contributed by atoms with van der Waals surface area (Å²) >= 11 is 6.02. The second-order valence-corrected chi connectivity index (χ2v) is 9.05. The first-order valence-electron chi connectivity index (χ1n) is 11.7. The lowest BCUT2D eigenvalue weighted by Crippen LogP contribution is -2.24. The van der Waals surface area contributed by atoms with Crippen LogP contribution in [0, 0.1) is 0 Å². The summed E-state index contributed by atoms with van der Waals surface area (Å²) in [5.74, 6) is 1.32. The molecule has 1 aromatic heterocycles. The maximum Gasteiger partial charge on any atom is 0.227 e. The zero-order chi connectivity index (χ0) is 21.6. The van der Waals surface area contributed by atoms with Crippen LogP contribution >= 0.6 is 11.6 Å². The molecule has 0 N–H and O–H groups in total. The minimum atomic E-state index is 0.111. The molecule has 1 amide bonds. The normalized spacial score (nSPS) is 16.5. The predicted molar refractivity (Wildman–Crippen MR) is 129 cm³/mol. The number of imidazole rings is 1. The summed E-state index contributed by atoms with van der Waals surface area (Å²) in [6.45, 7) is 3.89. The number of carbonyl (C=O) groups is 1. The van der Waals surface area contributed by atoms with Crippen LogP contribution in [0.3, 0.4) is 0 Å². The fraction of sp³-hybridized carbons (Fsp3) is 0.462. The molecule has 1 aliphatic heterocycles. The number of carbonyl (C=O) groups excluding carboxylic acids is 1. The van der Waals surface area contributed by atoms with Gasteiger partial charge in [0.1, 0.15) is 5.82 Å². The van der Waals surface area contributed by atoms with E-state index in [1.807, 2.05) is 35.2 Å². The molecule has 2 aromatic carbocycles. The van der Waals surface area contributed by atoms with Gasteiger partial charge in [-0.1, -0.05) is 69.2 Å². The predicted octanol–water partition coefficient (Wildman–Crippen LogP) is 6.96. The third-order valence-electron chi connectivity index (χ3n) is 6.30. The highest BCUT2D eigenvalue weighted by Crippen LogP contribution is 2.33. The topological polar surface area (TPSA) is 38.1 Å². The Labute approximate surface area is 190 Å². The van der Waals surface area contributed by atoms with Crippen LogP contribution in [0.5, 0.6) is 0 Å². The molecule has 0 bridgehead atoms. The quantitative estimate of drug-likeness (QED) is 0.321. The average molecular weight is 438 g/mol. The number of amides is 1. The van der Waals surface area contributed by atoms with Gasteiger partial charge in [0.15, 0.2) is 0 Å². The summed E-state index contributed by atoms with van der Waals surface area (Å²) in [4.78, 5) is 19.7. The lowest BCUT2D eigenvalue weighted by molar-refractivity contribution is -0.117. The van der Waals surface area contributed by atoms with E-state index in [9.17, 15) is 4.79 Å². The Morgan fingerprint density at radius 1 is 0.968 bits per heavy atom. The Kier molecular flexibility index (Phi) is 7.29. The lowest BCUT2D eigenvalue weighted by Gasteiger charge is -2.17. The van der Waals surface area contributed by atoms with Crippen molar-refractivity contribution in [3.05, 3.63) is 59.4 Å². The van der Waals surface area contributed by atoms with E-state index in [0.717, 1.165) is 30.0 Å². The number of anilines is 1. The molecule has 4 rings (SSSR count). The number of aromatic nitrogens is 2. The highest BCUT2D eigenvalue weighted by Gasteiger charge is 2.34. The Morgan fingerprint density at radius 3 is 2.45 bits per heavy atom. The Bertz CT molecular complexity index is 1010. The van der Waals surface area contributed by atoms with Crippen LogP contribution in [0.15, 0.2) is 48.5 Å². The van der Waals surface area contributed by atoms with Gasteiger partial charge in [0, 0.05) is 36.1 Å². The molecule has 1 aliphatic rings. The average Bonchev–Trinajstić information content (AvgIpc) is 3.34. The van der Waals surface area contributed by atoms with Gasteiger partial charge in [0.25, 0.3) is 0 Å². The van der Waals surface area contributed by atoms with E-state index < -0.39 is 0 Å². The van der Waals surface area contributed by atoms with Crippen molar-refractivity contribution in [2.24, 2.45) is 0 Å². The summed E-state index contributed by atoms with van der Waals surface area (Å²) in [7, 11) is 0. The first-order valence-corrected chi connectivity index (χ1v) is 12.1. The molecule has 1 fully saturated rings. The molecule has 5 heteroatoms. The standard InChI is InChI=1S/C26H32ClN3O/c1-2-3-4-5-6-7-10-17-29-24-12-9-8-11-23(24)28-26(29)20-18-25(31)30(19-20)22-15-13-21(27)14-16-22/h8-9,11-16,20H,2-7,10,17-19H2,1H3. The van der Waals surface area contributed by atoms with E-state index in [4.69, 9.17) is 16.6 Å². The number of halogens is 1. The highest BCUT2D eigenvalue weighted by molar-refractivity contribution is 6.30. The number of rotatable bonds is 10. The molecular weight excluding hydrogens is 406 g/mol. The van der Waals surface area contributed by atoms with Gasteiger partial charge in [-0.2, -0.15) is 0 Å². The number of fused-ring (bicyclic) bond motifs is 1. The molecule has 164 valence electrons. The maximum atomic E-state index is 12.8. The Morgan fingerprint density at radius 2 is 1.68 bits per heavy atom. The van der Waals surface area contributed by atoms with Crippen molar-refractivity contribution in [3.63, 3.8) is 0 Å². The van der Waals surface area contributed by atoms with Gasteiger partial charge >= 0.3 is 0 Å². The summed E-state index contributed by atoms with van der Waals surface area (Å²) in [6, 6.07) is 15.9. The van der Waals surface area contributed by atoms with Crippen LogP contribution in [0.1, 0.15) is 70.0 Å². The number of benzene rings is 2. The van der Waals surface area contributed by atoms with E-state index >= 15 is 0 Å². The van der Waals surface area contributed by atoms with Gasteiger partial charge in [-0.25, -0.2) is 4.98 Å². The molecule has 31 heavy (non-hydrogen) atoms. The first-order chi connectivity index (χ1) is 15.2. The third kappa shape index (κ3) is 5.12. The lowest BCUT2D eigenvalue weighted by atomic mass is 10.1. The van der Waals surface area contributed by atoms with Gasteiger partial charge < -0.3 is 9.47 Å². The molecule has 1 atom stereocenters. The van der Waals surface area contributed by atoms with E-state index in [2.05, 4.69) is 29.7 Å². The van der Waals surface area contributed by atoms with Crippen LogP contribution in [-0.2, 0) is 11.3 Å². The molecule has 3 aromatic rings. The van der Waals surface area contributed by atoms with Crippen LogP contribution in [-0.4, -0.2) is 22.0 Å². The van der Waals surface area contributed by atoms with E-state index in [-0.39, 0.29) is 11.8 Å². The van der Waals surface area contributed by atoms with Crippen molar-refractivity contribution < 1.29 is 4.79 Å². The van der Waals surface area contributed by atoms with Crippen LogP contribution in [0.4, 0.5) is 5.69 Å². The van der Waals surface area contributed by atoms with Gasteiger partial charge in [-0.05, 0) is 42.8 Å². The third-order valence-corrected chi connectivity index (χ3v) is 6.55. The first kappa shape index (κ1) is 21.9. The number of hydrogen-bond acceptors (Lipinski definition) is 2. The van der Waals surface area contributed by atoms with Crippen LogP contribution in [0.25, 0.3) is 11.0 Å². The highest BCUT2D eigenvalue weighted by atomic mass is 35.5. The number of nitrogens with zero attached hydrogens (tertiary/aromatic N) is 3. The van der Waals surface area contributed by atoms with E-state index in [1.165, 1.54) is 44.0 Å². The SMILES string of the molecule is CCCCCCCCCn1c(C2CC(=O)N(c3ccc(Cl)cc3)C2)nc2ccccc21. The van der Waals surface area contributed by atoms with Gasteiger partial charge in [-0.15, -0.1) is 0 Å². The van der Waals surface area contributed by atoms with Crippen molar-refractivity contribution in [1.29, 1.82) is 0 Å². The summed E-state index contributed by atoms with van der Waals surface area (Å²) in [6.07, 6.45) is 9.51. The molecule has 4 nitrogen and oxygen atoms in total. The molecular formula is C26H32ClN3O. The summed E-state index contributed by atoms with van der Waals surface area (Å²) < 4.78 is 2.37. The van der Waals surface area contributed by atoms with Crippen molar-refractivity contribution in [2.45, 2.75) is 70.8 Å². The van der Waals surface area contributed by atoms with Gasteiger partial charge in [0.05, 0.1) is 11.0 Å². The molecule has 1 saturated heterocycles. The number of hydrogen-bond donors (Lipinski definition) is 0. The fourth-order valence-corrected chi connectivity index (χ4v) is 4.74. The zero-order valence-corrected chi connectivity index (χ0v) is 19.2. The monoisotopic (exact) mass is 437 g/mol. The summed E-state index contributed by atoms with van der Waals surface area (Å²) in [5, 5.41) is 0.684. The van der Waals surface area contributed by atoms with Gasteiger partial charge in [0.2, 0.25) is 5.91 Å². The molecule has 1 unspecified atom stereocenters. The minimum absolute atomic E-state index is 0.111. The smallest absolute Gasteiger partial charge is 0.227 e. The second-order valence-electron chi connectivity index (χ2n) is 8.61. The van der Waals surface area contributed by atoms with Crippen molar-refractivity contribution in [3.8, 4) is 0 Å². The van der Waals surface area contributed by atoms with Gasteiger partial charge in [-0.3, -0.25) is 4.79 Å².